The maximum Gasteiger partial charge on any atom is 0.325 e. The van der Waals surface area contributed by atoms with Gasteiger partial charge in [-0.3, -0.25) is 19.4 Å². The van der Waals surface area contributed by atoms with Crippen LogP contribution in [0.2, 0.25) is 0 Å². The van der Waals surface area contributed by atoms with Gasteiger partial charge in [0.15, 0.2) is 0 Å². The first-order chi connectivity index (χ1) is 16.6. The van der Waals surface area contributed by atoms with E-state index in [-0.39, 0.29) is 31.0 Å². The van der Waals surface area contributed by atoms with Gasteiger partial charge in [0.2, 0.25) is 5.91 Å². The number of hydrogen-bond donors (Lipinski definition) is 1. The number of para-hydroxylation sites is 2. The summed E-state index contributed by atoms with van der Waals surface area (Å²) in [6.07, 6.45) is 2.26. The second kappa shape index (κ2) is 7.99. The first-order valence-electron chi connectivity index (χ1n) is 11.4. The summed E-state index contributed by atoms with van der Waals surface area (Å²) in [5, 5.41) is 4.89. The lowest BCUT2D eigenvalue weighted by atomic mass is 9.80. The van der Waals surface area contributed by atoms with Crippen molar-refractivity contribution in [2.75, 3.05) is 18.1 Å². The van der Waals surface area contributed by atoms with Gasteiger partial charge in [-0.15, -0.1) is 11.3 Å². The van der Waals surface area contributed by atoms with E-state index in [9.17, 15) is 14.4 Å². The second-order valence-corrected chi connectivity index (χ2v) is 9.81. The van der Waals surface area contributed by atoms with Gasteiger partial charge in [-0.05, 0) is 48.4 Å². The summed E-state index contributed by atoms with van der Waals surface area (Å²) in [4.78, 5) is 44.3. The normalized spacial score (nSPS) is 23.4. The highest BCUT2D eigenvalue weighted by Gasteiger charge is 2.55. The third-order valence-corrected chi connectivity index (χ3v) is 7.90. The Balaban J connectivity index is 1.33. The Morgan fingerprint density at radius 2 is 1.88 bits per heavy atom. The monoisotopic (exact) mass is 473 g/mol. The average Bonchev–Trinajstić information content (AvgIpc) is 3.44. The molecule has 3 heterocycles. The number of hydrogen-bond acceptors (Lipinski definition) is 5. The number of fused-ring (bicyclic) bond motifs is 3. The molecule has 1 saturated heterocycles. The number of benzene rings is 2. The highest BCUT2D eigenvalue weighted by molar-refractivity contribution is 7.10. The second-order valence-electron chi connectivity index (χ2n) is 8.81. The smallest absolute Gasteiger partial charge is 0.325 e. The predicted octanol–water partition coefficient (Wildman–Crippen LogP) is 4.00. The van der Waals surface area contributed by atoms with Crippen LogP contribution in [0.3, 0.4) is 0 Å². The minimum absolute atomic E-state index is 0.287. The highest BCUT2D eigenvalue weighted by atomic mass is 32.1. The summed E-state index contributed by atoms with van der Waals surface area (Å²) >= 11 is 1.61. The number of rotatable bonds is 3. The lowest BCUT2D eigenvalue weighted by molar-refractivity contribution is -0.135. The highest BCUT2D eigenvalue weighted by Crippen LogP contribution is 2.43. The molecule has 1 aromatic heterocycles. The Hall–Kier alpha value is -3.65. The molecule has 4 amide bonds. The quantitative estimate of drug-likeness (QED) is 0.584. The topological polar surface area (TPSA) is 79.0 Å². The van der Waals surface area contributed by atoms with Gasteiger partial charge >= 0.3 is 6.03 Å². The molecule has 1 spiro atoms. The van der Waals surface area contributed by atoms with Crippen LogP contribution in [0.25, 0.3) is 0 Å². The number of nitrogens with zero attached hydrogens (tertiary/aromatic N) is 2. The molecule has 2 aromatic carbocycles. The minimum atomic E-state index is -1.06. The Morgan fingerprint density at radius 3 is 2.74 bits per heavy atom. The number of ether oxygens (including phenoxy) is 1. The number of urea groups is 1. The lowest BCUT2D eigenvalue weighted by Crippen LogP contribution is -2.49. The Morgan fingerprint density at radius 1 is 1.09 bits per heavy atom. The van der Waals surface area contributed by atoms with Crippen molar-refractivity contribution in [3.8, 4) is 5.75 Å². The molecule has 1 N–H and O–H groups in total. The summed E-state index contributed by atoms with van der Waals surface area (Å²) in [6.45, 7) is -0.0430. The summed E-state index contributed by atoms with van der Waals surface area (Å²) in [5.74, 6) is -0.0681. The molecule has 2 aliphatic heterocycles. The molecule has 7 nitrogen and oxygen atoms in total. The fourth-order valence-corrected chi connectivity index (χ4v) is 6.31. The van der Waals surface area contributed by atoms with Crippen molar-refractivity contribution >= 4 is 34.9 Å². The van der Waals surface area contributed by atoms with Crippen molar-refractivity contribution in [1.29, 1.82) is 0 Å². The number of carbonyl (C=O) groups is 3. The molecule has 3 aliphatic rings. The number of aryl methyl sites for hydroxylation is 1. The van der Waals surface area contributed by atoms with E-state index < -0.39 is 11.6 Å². The summed E-state index contributed by atoms with van der Waals surface area (Å²) in [7, 11) is 0. The van der Waals surface area contributed by atoms with Crippen molar-refractivity contribution in [3.63, 3.8) is 0 Å². The number of carbonyl (C=O) groups excluding carboxylic acids is 3. The summed E-state index contributed by atoms with van der Waals surface area (Å²) < 4.78 is 5.95. The molecule has 1 fully saturated rings. The fraction of sp³-hybridized carbons (Fsp3) is 0.269. The van der Waals surface area contributed by atoms with Gasteiger partial charge in [-0.25, -0.2) is 4.79 Å². The molecule has 0 unspecified atom stereocenters. The van der Waals surface area contributed by atoms with Crippen LogP contribution in [-0.2, 0) is 21.5 Å². The maximum absolute atomic E-state index is 13.8. The largest absolute Gasteiger partial charge is 0.489 e. The van der Waals surface area contributed by atoms with E-state index in [1.54, 1.807) is 16.2 Å². The van der Waals surface area contributed by atoms with Crippen LogP contribution in [0.5, 0.6) is 5.75 Å². The van der Waals surface area contributed by atoms with E-state index in [1.807, 2.05) is 66.0 Å². The van der Waals surface area contributed by atoms with Gasteiger partial charge in [0.05, 0.1) is 11.7 Å². The molecule has 2 atom stereocenters. The van der Waals surface area contributed by atoms with Crippen LogP contribution < -0.4 is 15.0 Å². The molecule has 172 valence electrons. The number of amides is 4. The van der Waals surface area contributed by atoms with E-state index >= 15 is 0 Å². The van der Waals surface area contributed by atoms with Crippen molar-refractivity contribution in [1.82, 2.24) is 10.2 Å². The average molecular weight is 474 g/mol. The number of anilines is 1. The van der Waals surface area contributed by atoms with Crippen molar-refractivity contribution in [3.05, 3.63) is 82.0 Å². The minimum Gasteiger partial charge on any atom is -0.489 e. The Labute approximate surface area is 200 Å². The molecule has 6 rings (SSSR count). The zero-order valence-electron chi connectivity index (χ0n) is 18.4. The van der Waals surface area contributed by atoms with Crippen molar-refractivity contribution in [2.45, 2.75) is 30.8 Å². The third kappa shape index (κ3) is 3.13. The van der Waals surface area contributed by atoms with Crippen LogP contribution in [0.1, 0.15) is 34.9 Å². The van der Waals surface area contributed by atoms with Gasteiger partial charge in [-0.2, -0.15) is 0 Å². The molecule has 8 heteroatoms. The van der Waals surface area contributed by atoms with Crippen LogP contribution >= 0.6 is 11.3 Å². The lowest BCUT2D eigenvalue weighted by Gasteiger charge is -2.38. The molecule has 3 aromatic rings. The molecular weight excluding hydrogens is 450 g/mol. The number of imide groups is 1. The van der Waals surface area contributed by atoms with E-state index in [2.05, 4.69) is 5.32 Å². The maximum atomic E-state index is 13.8. The molecule has 34 heavy (non-hydrogen) atoms. The van der Waals surface area contributed by atoms with E-state index in [4.69, 9.17) is 4.74 Å². The standard InChI is InChI=1S/C26H23N3O4S/c30-23(15-28-24(31)26(27-25(28)32)13-6-11-22-18(26)12-14-34-22)29-19-9-4-5-10-21(19)33-16-20(29)17-7-2-1-3-8-17/h1-5,7-10,12,14,20H,6,11,13,15-16H2,(H,27,32)/t20-,26-/m1/s1. The van der Waals surface area contributed by atoms with Crippen molar-refractivity contribution in [2.24, 2.45) is 0 Å². The third-order valence-electron chi connectivity index (χ3n) is 6.92. The van der Waals surface area contributed by atoms with Crippen LogP contribution in [0.4, 0.5) is 10.5 Å². The fourth-order valence-electron chi connectivity index (χ4n) is 5.31. The van der Waals surface area contributed by atoms with Crippen LogP contribution in [0.15, 0.2) is 66.0 Å². The van der Waals surface area contributed by atoms with Crippen LogP contribution in [0, 0.1) is 0 Å². The Bertz CT molecular complexity index is 1290. The van der Waals surface area contributed by atoms with Gasteiger partial charge in [-0.1, -0.05) is 42.5 Å². The Kier molecular flexibility index (Phi) is 4.91. The summed E-state index contributed by atoms with van der Waals surface area (Å²) in [6, 6.07) is 18.0. The number of thiophene rings is 1. The molecular formula is C26H23N3O4S. The van der Waals surface area contributed by atoms with Crippen LogP contribution in [-0.4, -0.2) is 35.9 Å². The summed E-state index contributed by atoms with van der Waals surface area (Å²) in [5.41, 5.74) is 1.37. The van der Waals surface area contributed by atoms with Gasteiger partial charge in [0.25, 0.3) is 5.91 Å². The molecule has 0 bridgehead atoms. The molecule has 0 saturated carbocycles. The zero-order chi connectivity index (χ0) is 23.3. The van der Waals surface area contributed by atoms with Gasteiger partial charge in [0, 0.05) is 10.4 Å². The van der Waals surface area contributed by atoms with E-state index in [0.29, 0.717) is 17.9 Å². The molecule has 1 aliphatic carbocycles. The van der Waals surface area contributed by atoms with E-state index in [1.165, 1.54) is 0 Å². The van der Waals surface area contributed by atoms with Gasteiger partial charge in [0.1, 0.15) is 24.4 Å². The molecule has 0 radical (unpaired) electrons. The number of nitrogens with one attached hydrogen (secondary N) is 1. The van der Waals surface area contributed by atoms with Gasteiger partial charge < -0.3 is 10.1 Å². The predicted molar refractivity (Wildman–Crippen MR) is 128 cm³/mol. The van der Waals surface area contributed by atoms with E-state index in [0.717, 1.165) is 33.7 Å². The zero-order valence-corrected chi connectivity index (χ0v) is 19.2. The first kappa shape index (κ1) is 20.9. The SMILES string of the molecule is O=C1N[C@@]2(CCCc3sccc32)C(=O)N1CC(=O)N1c2ccccc2OC[C@@H]1c1ccccc1. The first-order valence-corrected chi connectivity index (χ1v) is 12.3. The van der Waals surface area contributed by atoms with Crippen molar-refractivity contribution < 1.29 is 19.1 Å².